The van der Waals surface area contributed by atoms with Gasteiger partial charge in [-0.3, -0.25) is 0 Å². The molecule has 1 heteroatoms. The first kappa shape index (κ1) is 15.1. The van der Waals surface area contributed by atoms with Gasteiger partial charge in [0.05, 0.1) is 5.54 Å². The van der Waals surface area contributed by atoms with Crippen LogP contribution in [-0.4, -0.2) is 0 Å². The van der Waals surface area contributed by atoms with Crippen LogP contribution in [0.5, 0.6) is 0 Å². The third-order valence-corrected chi connectivity index (χ3v) is 5.43. The van der Waals surface area contributed by atoms with E-state index in [4.69, 9.17) is 5.73 Å². The van der Waals surface area contributed by atoms with Crippen molar-refractivity contribution in [1.29, 1.82) is 0 Å². The number of rotatable bonds is 1. The number of benzene rings is 4. The second-order valence-corrected chi connectivity index (χ2v) is 6.84. The van der Waals surface area contributed by atoms with Crippen LogP contribution in [0.1, 0.15) is 27.8 Å². The summed E-state index contributed by atoms with van der Waals surface area (Å²) in [5.41, 5.74) is 12.4. The normalized spacial score (nSPS) is 14.5. The van der Waals surface area contributed by atoms with Crippen LogP contribution in [0.25, 0.3) is 22.9 Å². The van der Waals surface area contributed by atoms with Gasteiger partial charge in [-0.2, -0.15) is 0 Å². The van der Waals surface area contributed by atoms with E-state index in [1.807, 2.05) is 0 Å². The number of hydrogen-bond donors (Lipinski definition) is 1. The van der Waals surface area contributed by atoms with Crippen LogP contribution in [0, 0.1) is 0 Å². The maximum Gasteiger partial charge on any atom is 0.0940 e. The highest BCUT2D eigenvalue weighted by molar-refractivity contribution is 5.89. The first-order valence-corrected chi connectivity index (χ1v) is 8.93. The standard InChI is InChI=1S/C25H19N/c26-25(24-15-7-11-18-8-1-4-12-21(18)24)22-13-5-2-9-19(22)16-17-20-10-3-6-14-23(20)25/h1-17H,26H2. The minimum Gasteiger partial charge on any atom is -0.314 e. The van der Waals surface area contributed by atoms with Crippen LogP contribution in [0.15, 0.2) is 91.0 Å². The van der Waals surface area contributed by atoms with Crippen molar-refractivity contribution in [2.75, 3.05) is 0 Å². The molecule has 4 aromatic rings. The number of hydrogen-bond acceptors (Lipinski definition) is 1. The average Bonchev–Trinajstić information content (AvgIpc) is 2.84. The van der Waals surface area contributed by atoms with Crippen molar-refractivity contribution >= 4 is 22.9 Å². The Bertz CT molecular complexity index is 1100. The van der Waals surface area contributed by atoms with E-state index in [1.54, 1.807) is 0 Å². The summed E-state index contributed by atoms with van der Waals surface area (Å²) in [5.74, 6) is 0. The van der Waals surface area contributed by atoms with Crippen molar-refractivity contribution < 1.29 is 0 Å². The lowest BCUT2D eigenvalue weighted by atomic mass is 9.74. The maximum absolute atomic E-state index is 7.33. The zero-order valence-electron chi connectivity index (χ0n) is 14.4. The molecule has 0 bridgehead atoms. The molecule has 26 heavy (non-hydrogen) atoms. The Labute approximate surface area is 153 Å². The molecule has 1 aliphatic rings. The van der Waals surface area contributed by atoms with E-state index in [0.717, 1.165) is 16.7 Å². The fourth-order valence-electron chi connectivity index (χ4n) is 4.19. The molecule has 0 spiro atoms. The Balaban J connectivity index is 1.94. The van der Waals surface area contributed by atoms with Crippen LogP contribution in [0.3, 0.4) is 0 Å². The van der Waals surface area contributed by atoms with E-state index >= 15 is 0 Å². The summed E-state index contributed by atoms with van der Waals surface area (Å²) in [4.78, 5) is 0. The van der Waals surface area contributed by atoms with Gasteiger partial charge >= 0.3 is 0 Å². The molecule has 0 unspecified atom stereocenters. The Hall–Kier alpha value is -3.16. The predicted octanol–water partition coefficient (Wildman–Crippen LogP) is 5.57. The van der Waals surface area contributed by atoms with Gasteiger partial charge in [0.2, 0.25) is 0 Å². The molecule has 124 valence electrons. The Morgan fingerprint density at radius 3 is 1.69 bits per heavy atom. The highest BCUT2D eigenvalue weighted by atomic mass is 14.8. The minimum absolute atomic E-state index is 0.711. The van der Waals surface area contributed by atoms with Crippen LogP contribution >= 0.6 is 0 Å². The van der Waals surface area contributed by atoms with E-state index in [0.29, 0.717) is 0 Å². The van der Waals surface area contributed by atoms with Gasteiger partial charge in [0.15, 0.2) is 0 Å². The van der Waals surface area contributed by atoms with E-state index in [9.17, 15) is 0 Å². The second-order valence-electron chi connectivity index (χ2n) is 6.84. The van der Waals surface area contributed by atoms with Crippen molar-refractivity contribution in [3.05, 3.63) is 119 Å². The summed E-state index contributed by atoms with van der Waals surface area (Å²) in [7, 11) is 0. The topological polar surface area (TPSA) is 26.0 Å². The summed E-state index contributed by atoms with van der Waals surface area (Å²) in [6.07, 6.45) is 4.35. The molecule has 0 saturated heterocycles. The van der Waals surface area contributed by atoms with Gasteiger partial charge in [-0.1, -0.05) is 103 Å². The summed E-state index contributed by atoms with van der Waals surface area (Å²) in [6.45, 7) is 0. The van der Waals surface area contributed by atoms with Crippen LogP contribution in [-0.2, 0) is 5.54 Å². The zero-order chi connectivity index (χ0) is 17.6. The van der Waals surface area contributed by atoms with Gasteiger partial charge in [0.1, 0.15) is 0 Å². The molecule has 0 aromatic heterocycles. The van der Waals surface area contributed by atoms with Gasteiger partial charge in [-0.25, -0.2) is 0 Å². The van der Waals surface area contributed by atoms with Crippen LogP contribution in [0.2, 0.25) is 0 Å². The molecule has 0 atom stereocenters. The van der Waals surface area contributed by atoms with Gasteiger partial charge in [-0.15, -0.1) is 0 Å². The molecule has 0 saturated carbocycles. The van der Waals surface area contributed by atoms with Crippen molar-refractivity contribution in [1.82, 2.24) is 0 Å². The van der Waals surface area contributed by atoms with Crippen molar-refractivity contribution in [3.63, 3.8) is 0 Å². The van der Waals surface area contributed by atoms with Crippen LogP contribution in [0.4, 0.5) is 0 Å². The molecule has 2 N–H and O–H groups in total. The molecule has 0 amide bonds. The fraction of sp³-hybridized carbons (Fsp3) is 0.0400. The molecule has 0 fully saturated rings. The Morgan fingerprint density at radius 2 is 1.00 bits per heavy atom. The molecule has 0 radical (unpaired) electrons. The molecular formula is C25H19N. The molecule has 0 heterocycles. The lowest BCUT2D eigenvalue weighted by molar-refractivity contribution is 0.657. The maximum atomic E-state index is 7.33. The van der Waals surface area contributed by atoms with E-state index in [2.05, 4.69) is 103 Å². The average molecular weight is 333 g/mol. The third kappa shape index (κ3) is 2.08. The molecule has 5 rings (SSSR count). The van der Waals surface area contributed by atoms with Gasteiger partial charge < -0.3 is 5.73 Å². The van der Waals surface area contributed by atoms with Crippen molar-refractivity contribution in [2.45, 2.75) is 5.54 Å². The molecule has 0 aliphatic heterocycles. The van der Waals surface area contributed by atoms with Gasteiger partial charge in [-0.05, 0) is 38.6 Å². The fourth-order valence-corrected chi connectivity index (χ4v) is 4.19. The summed E-state index contributed by atoms with van der Waals surface area (Å²) in [5, 5.41) is 2.41. The Morgan fingerprint density at radius 1 is 0.500 bits per heavy atom. The molecule has 4 aromatic carbocycles. The summed E-state index contributed by atoms with van der Waals surface area (Å²) < 4.78 is 0. The van der Waals surface area contributed by atoms with Crippen molar-refractivity contribution in [2.24, 2.45) is 5.73 Å². The minimum atomic E-state index is -0.711. The summed E-state index contributed by atoms with van der Waals surface area (Å²) in [6, 6.07) is 31.8. The van der Waals surface area contributed by atoms with Crippen molar-refractivity contribution in [3.8, 4) is 0 Å². The third-order valence-electron chi connectivity index (χ3n) is 5.43. The van der Waals surface area contributed by atoms with Gasteiger partial charge in [0.25, 0.3) is 0 Å². The summed E-state index contributed by atoms with van der Waals surface area (Å²) >= 11 is 0. The molecule has 1 aliphatic carbocycles. The number of fused-ring (bicyclic) bond motifs is 3. The first-order valence-electron chi connectivity index (χ1n) is 8.93. The van der Waals surface area contributed by atoms with E-state index in [1.165, 1.54) is 21.9 Å². The largest absolute Gasteiger partial charge is 0.314 e. The second kappa shape index (κ2) is 5.69. The highest BCUT2D eigenvalue weighted by Crippen LogP contribution is 2.43. The predicted molar refractivity (Wildman–Crippen MR) is 110 cm³/mol. The highest BCUT2D eigenvalue weighted by Gasteiger charge is 2.37. The molecular weight excluding hydrogens is 314 g/mol. The van der Waals surface area contributed by atoms with E-state index < -0.39 is 5.54 Å². The lowest BCUT2D eigenvalue weighted by Gasteiger charge is -2.34. The quantitative estimate of drug-likeness (QED) is 0.484. The van der Waals surface area contributed by atoms with Gasteiger partial charge in [0, 0.05) is 0 Å². The zero-order valence-corrected chi connectivity index (χ0v) is 14.4. The lowest BCUT2D eigenvalue weighted by Crippen LogP contribution is -2.40. The van der Waals surface area contributed by atoms with E-state index in [-0.39, 0.29) is 0 Å². The molecule has 1 nitrogen and oxygen atoms in total. The smallest absolute Gasteiger partial charge is 0.0940 e. The Kier molecular flexibility index (Phi) is 3.31. The SMILES string of the molecule is NC1(c2cccc3ccccc23)c2ccccc2C=Cc2ccccc21. The monoisotopic (exact) mass is 333 g/mol. The van der Waals surface area contributed by atoms with Crippen LogP contribution < -0.4 is 5.73 Å². The number of nitrogens with two attached hydrogens (primary N) is 1. The first-order chi connectivity index (χ1) is 12.8.